The van der Waals surface area contributed by atoms with Gasteiger partial charge in [-0.1, -0.05) is 30.2 Å². The van der Waals surface area contributed by atoms with E-state index in [4.69, 9.17) is 6.42 Å². The minimum atomic E-state index is -3.38. The fourth-order valence-electron chi connectivity index (χ4n) is 2.88. The van der Waals surface area contributed by atoms with E-state index >= 15 is 0 Å². The Morgan fingerprint density at radius 3 is 2.48 bits per heavy atom. The Kier molecular flexibility index (Phi) is 6.06. The monoisotopic (exact) mass is 426 g/mol. The normalized spacial score (nSPS) is 12.4. The lowest BCUT2D eigenvalue weighted by molar-refractivity contribution is 0.0998. The number of carbonyl (C=O) groups is 1. The molecule has 150 valence electrons. The van der Waals surface area contributed by atoms with E-state index in [9.17, 15) is 13.2 Å². The molecule has 0 aliphatic heterocycles. The second-order valence-corrected chi connectivity index (χ2v) is 10.4. The molecule has 3 rings (SSSR count). The molecule has 2 aromatic carbocycles. The van der Waals surface area contributed by atoms with Gasteiger partial charge in [0.05, 0.1) is 26.9 Å². The number of amides is 1. The topological polar surface area (TPSA) is 68.5 Å². The maximum atomic E-state index is 12.7. The van der Waals surface area contributed by atoms with Gasteiger partial charge in [0.1, 0.15) is 0 Å². The summed E-state index contributed by atoms with van der Waals surface area (Å²) in [7, 11) is -3.38. The van der Waals surface area contributed by atoms with Crippen LogP contribution >= 0.6 is 11.3 Å². The molecule has 1 aromatic heterocycles. The number of thiazole rings is 1. The molecular formula is C22H22N2O3S2. The van der Waals surface area contributed by atoms with Crippen LogP contribution in [0.5, 0.6) is 0 Å². The third-order valence-electron chi connectivity index (χ3n) is 4.65. The average Bonchev–Trinajstić information content (AvgIpc) is 3.04. The summed E-state index contributed by atoms with van der Waals surface area (Å²) in [4.78, 5) is 17.7. The van der Waals surface area contributed by atoms with Crippen molar-refractivity contribution in [1.82, 2.24) is 4.57 Å². The van der Waals surface area contributed by atoms with Gasteiger partial charge in [0.15, 0.2) is 14.6 Å². The molecule has 0 N–H and O–H groups in total. The van der Waals surface area contributed by atoms with Crippen molar-refractivity contribution in [3.63, 3.8) is 0 Å². The highest BCUT2D eigenvalue weighted by atomic mass is 32.2. The van der Waals surface area contributed by atoms with E-state index in [1.807, 2.05) is 16.7 Å². The molecule has 0 atom stereocenters. The van der Waals surface area contributed by atoms with Crippen LogP contribution in [0.25, 0.3) is 10.2 Å². The van der Waals surface area contributed by atoms with Gasteiger partial charge < -0.3 is 4.57 Å². The smallest absolute Gasteiger partial charge is 0.279 e. The Labute approximate surface area is 174 Å². The third kappa shape index (κ3) is 4.19. The number of carbonyl (C=O) groups excluding carboxylic acids is 1. The fourth-order valence-corrected chi connectivity index (χ4v) is 5.03. The lowest BCUT2D eigenvalue weighted by Crippen LogP contribution is -2.17. The van der Waals surface area contributed by atoms with Gasteiger partial charge in [-0.15, -0.1) is 6.42 Å². The molecule has 0 spiro atoms. The van der Waals surface area contributed by atoms with E-state index in [1.165, 1.54) is 41.2 Å². The lowest BCUT2D eigenvalue weighted by Gasteiger charge is -2.07. The van der Waals surface area contributed by atoms with Gasteiger partial charge >= 0.3 is 0 Å². The minimum Gasteiger partial charge on any atom is -0.305 e. The number of rotatable bonds is 5. The Hall–Kier alpha value is -2.69. The lowest BCUT2D eigenvalue weighted by atomic mass is 10.2. The van der Waals surface area contributed by atoms with E-state index in [0.29, 0.717) is 16.9 Å². The number of fused-ring (bicyclic) bond motifs is 1. The van der Waals surface area contributed by atoms with Crippen molar-refractivity contribution in [3.8, 4) is 12.3 Å². The van der Waals surface area contributed by atoms with E-state index in [2.05, 4.69) is 23.9 Å². The van der Waals surface area contributed by atoms with Crippen LogP contribution in [0.15, 0.2) is 52.4 Å². The molecule has 0 radical (unpaired) electrons. The van der Waals surface area contributed by atoms with Gasteiger partial charge in [0.25, 0.3) is 5.91 Å². The largest absolute Gasteiger partial charge is 0.305 e. The Balaban J connectivity index is 2.03. The number of sulfone groups is 1. The Morgan fingerprint density at radius 2 is 1.90 bits per heavy atom. The number of aromatic nitrogens is 1. The summed E-state index contributed by atoms with van der Waals surface area (Å²) in [6.45, 7) is 5.64. The quantitative estimate of drug-likeness (QED) is 0.583. The maximum Gasteiger partial charge on any atom is 0.279 e. The molecule has 0 bridgehead atoms. The summed E-state index contributed by atoms with van der Waals surface area (Å²) in [5.41, 5.74) is 2.47. The van der Waals surface area contributed by atoms with E-state index in [-0.39, 0.29) is 4.90 Å². The van der Waals surface area contributed by atoms with Gasteiger partial charge in [-0.3, -0.25) is 4.79 Å². The van der Waals surface area contributed by atoms with Gasteiger partial charge in [-0.05, 0) is 62.2 Å². The van der Waals surface area contributed by atoms with Crippen LogP contribution < -0.4 is 4.80 Å². The predicted molar refractivity (Wildman–Crippen MR) is 117 cm³/mol. The van der Waals surface area contributed by atoms with Crippen molar-refractivity contribution < 1.29 is 13.2 Å². The SMILES string of the molecule is C#CCn1c(=NC(=O)c2ccc(S(=O)(=O)C(C)C)cc2)sc2cc(CC)ccc21. The third-order valence-corrected chi connectivity index (χ3v) is 7.86. The van der Waals surface area contributed by atoms with Crippen molar-refractivity contribution in [2.24, 2.45) is 4.99 Å². The van der Waals surface area contributed by atoms with Crippen molar-refractivity contribution in [1.29, 1.82) is 0 Å². The summed E-state index contributed by atoms with van der Waals surface area (Å²) in [6, 6.07) is 12.0. The van der Waals surface area contributed by atoms with Crippen molar-refractivity contribution in [2.75, 3.05) is 0 Å². The van der Waals surface area contributed by atoms with Crippen LogP contribution in [-0.2, 0) is 22.8 Å². The molecule has 5 nitrogen and oxygen atoms in total. The summed E-state index contributed by atoms with van der Waals surface area (Å²) < 4.78 is 27.3. The summed E-state index contributed by atoms with van der Waals surface area (Å²) >= 11 is 1.41. The molecule has 0 fully saturated rings. The molecule has 1 amide bonds. The fraction of sp³-hybridized carbons (Fsp3) is 0.273. The van der Waals surface area contributed by atoms with E-state index < -0.39 is 21.0 Å². The molecular weight excluding hydrogens is 404 g/mol. The first-order chi connectivity index (χ1) is 13.8. The Bertz CT molecular complexity index is 1270. The number of nitrogens with zero attached hydrogens (tertiary/aromatic N) is 2. The molecule has 7 heteroatoms. The molecule has 0 saturated carbocycles. The molecule has 3 aromatic rings. The van der Waals surface area contributed by atoms with E-state index in [1.54, 1.807) is 13.8 Å². The summed E-state index contributed by atoms with van der Waals surface area (Å²) in [6.07, 6.45) is 6.43. The van der Waals surface area contributed by atoms with Crippen molar-refractivity contribution in [2.45, 2.75) is 43.9 Å². The highest BCUT2D eigenvalue weighted by Crippen LogP contribution is 2.20. The van der Waals surface area contributed by atoms with Gasteiger partial charge in [0.2, 0.25) is 0 Å². The van der Waals surface area contributed by atoms with Crippen molar-refractivity contribution >= 4 is 37.3 Å². The zero-order chi connectivity index (χ0) is 21.2. The molecule has 0 unspecified atom stereocenters. The van der Waals surface area contributed by atoms with Crippen LogP contribution in [0.2, 0.25) is 0 Å². The second-order valence-electron chi connectivity index (χ2n) is 6.87. The van der Waals surface area contributed by atoms with Gasteiger partial charge in [0, 0.05) is 5.56 Å². The number of hydrogen-bond acceptors (Lipinski definition) is 4. The van der Waals surface area contributed by atoms with E-state index in [0.717, 1.165) is 16.6 Å². The van der Waals surface area contributed by atoms with Crippen LogP contribution in [-0.4, -0.2) is 24.1 Å². The maximum absolute atomic E-state index is 12.7. The average molecular weight is 427 g/mol. The zero-order valence-electron chi connectivity index (χ0n) is 16.5. The first-order valence-corrected chi connectivity index (χ1v) is 11.6. The summed E-state index contributed by atoms with van der Waals surface area (Å²) in [5, 5.41) is -0.525. The van der Waals surface area contributed by atoms with Gasteiger partial charge in [-0.2, -0.15) is 4.99 Å². The number of hydrogen-bond donors (Lipinski definition) is 0. The van der Waals surface area contributed by atoms with Gasteiger partial charge in [-0.25, -0.2) is 8.42 Å². The first-order valence-electron chi connectivity index (χ1n) is 9.26. The number of aryl methyl sites for hydroxylation is 1. The van der Waals surface area contributed by atoms with Crippen LogP contribution in [0.1, 0.15) is 36.7 Å². The standard InChI is InChI=1S/C22H22N2O3S2/c1-5-13-24-19-12-7-16(6-2)14-20(19)28-22(24)23-21(25)17-8-10-18(11-9-17)29(26,27)15(3)4/h1,7-12,14-15H,6,13H2,2-4H3. The van der Waals surface area contributed by atoms with Crippen LogP contribution in [0, 0.1) is 12.3 Å². The highest BCUT2D eigenvalue weighted by molar-refractivity contribution is 7.92. The first kappa shape index (κ1) is 21.0. The molecule has 0 aliphatic carbocycles. The predicted octanol–water partition coefficient (Wildman–Crippen LogP) is 3.82. The highest BCUT2D eigenvalue weighted by Gasteiger charge is 2.19. The van der Waals surface area contributed by atoms with Crippen LogP contribution in [0.4, 0.5) is 0 Å². The minimum absolute atomic E-state index is 0.195. The molecule has 1 heterocycles. The zero-order valence-corrected chi connectivity index (χ0v) is 18.2. The Morgan fingerprint density at radius 1 is 1.21 bits per heavy atom. The molecule has 0 aliphatic rings. The summed E-state index contributed by atoms with van der Waals surface area (Å²) in [5.74, 6) is 2.17. The molecule has 29 heavy (non-hydrogen) atoms. The number of terminal acetylenes is 1. The number of benzene rings is 2. The van der Waals surface area contributed by atoms with Crippen molar-refractivity contribution in [3.05, 3.63) is 58.4 Å². The second kappa shape index (κ2) is 8.36. The van der Waals surface area contributed by atoms with Crippen LogP contribution in [0.3, 0.4) is 0 Å². The molecule has 0 saturated heterocycles.